The van der Waals surface area contributed by atoms with Gasteiger partial charge in [-0.1, -0.05) is 121 Å². The Labute approximate surface area is 487 Å². The summed E-state index contributed by atoms with van der Waals surface area (Å²) < 4.78 is 11.2. The Balaban J connectivity index is 0.000000202. The summed E-state index contributed by atoms with van der Waals surface area (Å²) >= 11 is 0. The number of alkyl carbamates (subject to hydrolysis) is 2. The van der Waals surface area contributed by atoms with Gasteiger partial charge in [0.05, 0.1) is 34.2 Å². The van der Waals surface area contributed by atoms with E-state index in [4.69, 9.17) is 9.47 Å². The monoisotopic (exact) mass is 1120 g/mol. The molecule has 18 heteroatoms. The van der Waals surface area contributed by atoms with Crippen LogP contribution in [0.5, 0.6) is 0 Å². The van der Waals surface area contributed by atoms with Crippen molar-refractivity contribution in [3.05, 3.63) is 193 Å². The zero-order chi connectivity index (χ0) is 60.2. The molecule has 0 saturated heterocycles. The molecule has 0 fully saturated rings. The lowest BCUT2D eigenvalue weighted by atomic mass is 9.64. The lowest BCUT2D eigenvalue weighted by molar-refractivity contribution is -0.132. The van der Waals surface area contributed by atoms with E-state index in [9.17, 15) is 28.8 Å². The standard InChI is InChI=1S/2C33H31N5O4/c2*1-23-33(34-30(41)42-31(2,3)4,29(40)38(35-23)26-19-13-8-14-20-26)32(5)27(22-21-24-15-9-6-10-16-24)36-37(28(32)39)25-17-11-7-12-18-25/h2*6-20H,1-5H3,(H,34,41)/t2*32-,33-/m00/s1. The van der Waals surface area contributed by atoms with Crippen LogP contribution < -0.4 is 30.7 Å². The maximum Gasteiger partial charge on any atom is 0.408 e. The Bertz CT molecular complexity index is 3560. The molecular weight excluding hydrogens is 1060 g/mol. The highest BCUT2D eigenvalue weighted by atomic mass is 16.6. The van der Waals surface area contributed by atoms with Crippen molar-refractivity contribution >= 4 is 81.4 Å². The molecule has 4 heterocycles. The van der Waals surface area contributed by atoms with Crippen molar-refractivity contribution < 1.29 is 38.2 Å². The second kappa shape index (κ2) is 22.8. The van der Waals surface area contributed by atoms with Crippen LogP contribution in [0.1, 0.15) is 80.4 Å². The van der Waals surface area contributed by atoms with Crippen LogP contribution in [0.2, 0.25) is 0 Å². The Morgan fingerprint density at radius 1 is 0.393 bits per heavy atom. The number of nitrogens with one attached hydrogen (secondary N) is 2. The van der Waals surface area contributed by atoms with Gasteiger partial charge in [-0.05, 0) is 154 Å². The van der Waals surface area contributed by atoms with Crippen molar-refractivity contribution in [2.45, 2.75) is 91.5 Å². The minimum absolute atomic E-state index is 0.0917. The molecule has 2 N–H and O–H groups in total. The van der Waals surface area contributed by atoms with Gasteiger partial charge in [-0.2, -0.15) is 40.4 Å². The van der Waals surface area contributed by atoms with Crippen molar-refractivity contribution in [3.63, 3.8) is 0 Å². The molecule has 10 rings (SSSR count). The normalized spacial score (nSPS) is 21.8. The molecule has 18 nitrogen and oxygen atoms in total. The first kappa shape index (κ1) is 58.2. The highest BCUT2D eigenvalue weighted by molar-refractivity contribution is 6.38. The highest BCUT2D eigenvalue weighted by Gasteiger charge is 2.72. The highest BCUT2D eigenvalue weighted by Crippen LogP contribution is 2.48. The summed E-state index contributed by atoms with van der Waals surface area (Å²) in [6.45, 7) is 16.6. The van der Waals surface area contributed by atoms with Crippen LogP contribution in [0, 0.1) is 34.5 Å². The van der Waals surface area contributed by atoms with E-state index >= 15 is 0 Å². The lowest BCUT2D eigenvalue weighted by Gasteiger charge is -2.41. The SMILES string of the molecule is CC1=NN(c2ccccc2)C(=O)[C@]1(NC(=O)OC(C)(C)C)[C@]1(C)C(=O)N(c2ccccc2)N=C1C#Cc1ccccc1.CC1=NN(c2ccccc2)C(=O)[C@]1(NC(=O)OC(C)(C)C)[C@]1(C)C(=O)N(c2ccccc2)N=C1C#Cc1ccccc1. The van der Waals surface area contributed by atoms with Crippen molar-refractivity contribution in [1.82, 2.24) is 10.6 Å². The molecule has 4 aliphatic heterocycles. The third-order valence-electron chi connectivity index (χ3n) is 14.3. The Hall–Kier alpha value is -10.5. The summed E-state index contributed by atoms with van der Waals surface area (Å²) in [4.78, 5) is 85.2. The zero-order valence-electron chi connectivity index (χ0n) is 48.2. The molecule has 0 radical (unpaired) electrons. The van der Waals surface area contributed by atoms with E-state index in [0.717, 1.165) is 0 Å². The van der Waals surface area contributed by atoms with Crippen LogP contribution >= 0.6 is 0 Å². The van der Waals surface area contributed by atoms with Gasteiger partial charge in [0.2, 0.25) is 0 Å². The molecule has 0 bridgehead atoms. The van der Waals surface area contributed by atoms with E-state index in [2.05, 4.69) is 54.7 Å². The summed E-state index contributed by atoms with van der Waals surface area (Å²) in [7, 11) is 0. The average molecular weight is 1120 g/mol. The molecular formula is C66H62N10O8. The van der Waals surface area contributed by atoms with Crippen LogP contribution in [0.4, 0.5) is 32.3 Å². The second-order valence-electron chi connectivity index (χ2n) is 22.3. The molecule has 6 amide bonds. The maximum absolute atomic E-state index is 14.6. The topological polar surface area (TPSA) is 207 Å². The van der Waals surface area contributed by atoms with Gasteiger partial charge in [0.15, 0.2) is 11.1 Å². The van der Waals surface area contributed by atoms with E-state index in [0.29, 0.717) is 33.9 Å². The minimum atomic E-state index is -2.02. The fourth-order valence-electron chi connectivity index (χ4n) is 10.1. The van der Waals surface area contributed by atoms with Gasteiger partial charge in [0.25, 0.3) is 23.6 Å². The zero-order valence-corrected chi connectivity index (χ0v) is 48.2. The van der Waals surface area contributed by atoms with Gasteiger partial charge in [-0.3, -0.25) is 19.2 Å². The van der Waals surface area contributed by atoms with Crippen LogP contribution in [0.15, 0.2) is 202 Å². The maximum atomic E-state index is 14.6. The predicted molar refractivity (Wildman–Crippen MR) is 324 cm³/mol. The Morgan fingerprint density at radius 3 is 0.905 bits per heavy atom. The van der Waals surface area contributed by atoms with Crippen LogP contribution in [0.25, 0.3) is 0 Å². The number of rotatable bonds is 8. The van der Waals surface area contributed by atoms with Crippen molar-refractivity contribution in [2.24, 2.45) is 31.2 Å². The molecule has 0 unspecified atom stereocenters. The second-order valence-corrected chi connectivity index (χ2v) is 22.3. The first-order valence-electron chi connectivity index (χ1n) is 27.0. The number of carbonyl (C=O) groups excluding carboxylic acids is 6. The van der Waals surface area contributed by atoms with Crippen LogP contribution in [-0.2, 0) is 28.7 Å². The average Bonchev–Trinajstić information content (AvgIpc) is 2.08. The van der Waals surface area contributed by atoms with E-state index in [1.54, 1.807) is 166 Å². The molecule has 0 spiro atoms. The van der Waals surface area contributed by atoms with Crippen molar-refractivity contribution in [1.29, 1.82) is 0 Å². The molecule has 0 aromatic heterocycles. The van der Waals surface area contributed by atoms with Gasteiger partial charge in [-0.15, -0.1) is 0 Å². The summed E-state index contributed by atoms with van der Waals surface area (Å²) in [6.07, 6.45) is -1.77. The third-order valence-corrected chi connectivity index (χ3v) is 14.3. The minimum Gasteiger partial charge on any atom is -0.444 e. The van der Waals surface area contributed by atoms with Gasteiger partial charge >= 0.3 is 12.2 Å². The quantitative estimate of drug-likeness (QED) is 0.140. The van der Waals surface area contributed by atoms with Crippen molar-refractivity contribution in [2.75, 3.05) is 20.0 Å². The van der Waals surface area contributed by atoms with Gasteiger partial charge < -0.3 is 20.1 Å². The van der Waals surface area contributed by atoms with Gasteiger partial charge in [0.1, 0.15) is 33.5 Å². The summed E-state index contributed by atoms with van der Waals surface area (Å²) in [5.41, 5.74) is -5.57. The summed E-state index contributed by atoms with van der Waals surface area (Å²) in [5, 5.41) is 28.9. The molecule has 6 aromatic rings. The first-order valence-corrected chi connectivity index (χ1v) is 27.0. The Morgan fingerprint density at radius 2 is 0.643 bits per heavy atom. The van der Waals surface area contributed by atoms with E-state index < -0.39 is 68.9 Å². The number of para-hydroxylation sites is 4. The smallest absolute Gasteiger partial charge is 0.408 e. The van der Waals surface area contributed by atoms with E-state index in [-0.39, 0.29) is 22.8 Å². The number of hydrogen-bond donors (Lipinski definition) is 2. The molecule has 424 valence electrons. The molecule has 0 aliphatic carbocycles. The molecule has 4 atom stereocenters. The van der Waals surface area contributed by atoms with E-state index in [1.807, 2.05) is 84.9 Å². The lowest BCUT2D eigenvalue weighted by Crippen LogP contribution is -2.72. The predicted octanol–water partition coefficient (Wildman–Crippen LogP) is 10.3. The fourth-order valence-corrected chi connectivity index (χ4v) is 10.1. The van der Waals surface area contributed by atoms with Crippen molar-refractivity contribution in [3.8, 4) is 23.7 Å². The molecule has 6 aromatic carbocycles. The number of hydrazone groups is 4. The van der Waals surface area contributed by atoms with Crippen LogP contribution in [0.3, 0.4) is 0 Å². The Kier molecular flexibility index (Phi) is 15.8. The van der Waals surface area contributed by atoms with Gasteiger partial charge in [0, 0.05) is 11.1 Å². The number of amides is 6. The fraction of sp³-hybridized carbons (Fsp3) is 0.242. The number of benzene rings is 6. The number of nitrogens with zero attached hydrogens (tertiary/aromatic N) is 8. The largest absolute Gasteiger partial charge is 0.444 e. The molecule has 0 saturated carbocycles. The van der Waals surface area contributed by atoms with Gasteiger partial charge in [-0.25, -0.2) is 9.59 Å². The van der Waals surface area contributed by atoms with Crippen LogP contribution in [-0.4, -0.2) is 80.9 Å². The third kappa shape index (κ3) is 10.8. The summed E-state index contributed by atoms with van der Waals surface area (Å²) in [6, 6.07) is 53.8. The first-order chi connectivity index (χ1) is 39.9. The number of carbonyl (C=O) groups is 6. The van der Waals surface area contributed by atoms with E-state index in [1.165, 1.54) is 20.0 Å². The molecule has 84 heavy (non-hydrogen) atoms. The summed E-state index contributed by atoms with van der Waals surface area (Å²) in [5.74, 6) is 9.86. The number of anilines is 4. The number of hydrogen-bond acceptors (Lipinski definition) is 12. The molecule has 4 aliphatic rings. The number of ether oxygens (including phenoxy) is 2.